The second kappa shape index (κ2) is 7.24. The molecule has 0 saturated carbocycles. The van der Waals surface area contributed by atoms with E-state index in [2.05, 4.69) is 11.3 Å². The van der Waals surface area contributed by atoms with Gasteiger partial charge < -0.3 is 10.5 Å². The summed E-state index contributed by atoms with van der Waals surface area (Å²) in [5.74, 6) is -0.567. The van der Waals surface area contributed by atoms with Crippen molar-refractivity contribution in [2.24, 2.45) is 0 Å². The van der Waals surface area contributed by atoms with Crippen molar-refractivity contribution in [3.8, 4) is 0 Å². The van der Waals surface area contributed by atoms with Crippen molar-refractivity contribution in [1.82, 2.24) is 4.31 Å². The summed E-state index contributed by atoms with van der Waals surface area (Å²) in [6, 6.07) is 4.01. The quantitative estimate of drug-likeness (QED) is 0.469. The summed E-state index contributed by atoms with van der Waals surface area (Å²) >= 11 is 0. The van der Waals surface area contributed by atoms with Crippen molar-refractivity contribution in [1.29, 1.82) is 0 Å². The van der Waals surface area contributed by atoms with E-state index in [1.54, 1.807) is 0 Å². The molecule has 0 amide bonds. The molecule has 7 heteroatoms. The monoisotopic (exact) mass is 312 g/mol. The smallest absolute Gasteiger partial charge is 0.337 e. The fourth-order valence-electron chi connectivity index (χ4n) is 1.87. The maximum Gasteiger partial charge on any atom is 0.337 e. The summed E-state index contributed by atoms with van der Waals surface area (Å²) in [5.41, 5.74) is 6.02. The molecule has 116 valence electrons. The topological polar surface area (TPSA) is 89.7 Å². The van der Waals surface area contributed by atoms with Gasteiger partial charge in [-0.1, -0.05) is 13.0 Å². The van der Waals surface area contributed by atoms with E-state index in [-0.39, 0.29) is 22.7 Å². The Hall–Kier alpha value is -1.86. The van der Waals surface area contributed by atoms with Crippen LogP contribution in [-0.4, -0.2) is 38.9 Å². The average molecular weight is 312 g/mol. The van der Waals surface area contributed by atoms with Gasteiger partial charge in [-0.15, -0.1) is 6.58 Å². The highest BCUT2D eigenvalue weighted by Crippen LogP contribution is 2.24. The predicted molar refractivity (Wildman–Crippen MR) is 81.4 cm³/mol. The standard InChI is InChI=1S/C14H20N2O4S/c1-4-8-16(9-5-2)21(18,19)13-7-6-11(10-12(13)15)14(17)20-3/h4,6-7,10H,1,5,8-9,15H2,2-3H3. The molecule has 0 spiro atoms. The summed E-state index contributed by atoms with van der Waals surface area (Å²) < 4.78 is 31.0. The average Bonchev–Trinajstić information content (AvgIpc) is 2.45. The van der Waals surface area contributed by atoms with Crippen molar-refractivity contribution in [2.75, 3.05) is 25.9 Å². The second-order valence-electron chi connectivity index (χ2n) is 4.40. The van der Waals surface area contributed by atoms with Crippen LogP contribution in [0.5, 0.6) is 0 Å². The summed E-state index contributed by atoms with van der Waals surface area (Å²) in [4.78, 5) is 11.4. The Morgan fingerprint density at radius 1 is 1.48 bits per heavy atom. The van der Waals surface area contributed by atoms with Crippen LogP contribution in [0, 0.1) is 0 Å². The van der Waals surface area contributed by atoms with E-state index in [0.29, 0.717) is 13.0 Å². The first-order chi connectivity index (χ1) is 9.88. The zero-order valence-corrected chi connectivity index (χ0v) is 13.0. The number of nitrogens with two attached hydrogens (primary N) is 1. The molecule has 0 heterocycles. The molecule has 1 aromatic rings. The Labute approximate surface area is 125 Å². The molecule has 21 heavy (non-hydrogen) atoms. The molecule has 0 aromatic heterocycles. The molecular weight excluding hydrogens is 292 g/mol. The third kappa shape index (κ3) is 3.83. The first-order valence-electron chi connectivity index (χ1n) is 6.47. The number of hydrogen-bond donors (Lipinski definition) is 1. The van der Waals surface area contributed by atoms with E-state index in [9.17, 15) is 13.2 Å². The molecule has 0 bridgehead atoms. The fraction of sp³-hybridized carbons (Fsp3) is 0.357. The number of sulfonamides is 1. The summed E-state index contributed by atoms with van der Waals surface area (Å²) in [7, 11) is -2.47. The molecule has 0 aliphatic heterocycles. The summed E-state index contributed by atoms with van der Waals surface area (Å²) in [6.45, 7) is 6.02. The first kappa shape index (κ1) is 17.2. The zero-order valence-electron chi connectivity index (χ0n) is 12.2. The van der Waals surface area contributed by atoms with Crippen molar-refractivity contribution in [3.05, 3.63) is 36.4 Å². The number of nitrogen functional groups attached to an aromatic ring is 1. The Bertz CT molecular complexity index is 626. The molecular formula is C14H20N2O4S. The zero-order chi connectivity index (χ0) is 16.0. The minimum Gasteiger partial charge on any atom is -0.465 e. The Kier molecular flexibility index (Phi) is 5.92. The van der Waals surface area contributed by atoms with Gasteiger partial charge in [0, 0.05) is 13.1 Å². The third-order valence-corrected chi connectivity index (χ3v) is 4.79. The van der Waals surface area contributed by atoms with Crippen LogP contribution in [0.25, 0.3) is 0 Å². The van der Waals surface area contributed by atoms with E-state index >= 15 is 0 Å². The van der Waals surface area contributed by atoms with Crippen molar-refractivity contribution < 1.29 is 17.9 Å². The number of hydrogen-bond acceptors (Lipinski definition) is 5. The molecule has 0 aliphatic rings. The maximum absolute atomic E-state index is 12.6. The van der Waals surface area contributed by atoms with Gasteiger partial charge in [-0.3, -0.25) is 0 Å². The minimum absolute atomic E-state index is 0.0167. The van der Waals surface area contributed by atoms with Gasteiger partial charge in [0.2, 0.25) is 10.0 Å². The number of carbonyl (C=O) groups excluding carboxylic acids is 1. The number of anilines is 1. The van der Waals surface area contributed by atoms with Gasteiger partial charge >= 0.3 is 5.97 Å². The maximum atomic E-state index is 12.6. The van der Waals surface area contributed by atoms with Gasteiger partial charge in [-0.05, 0) is 24.6 Å². The number of esters is 1. The second-order valence-corrected chi connectivity index (χ2v) is 6.30. The molecule has 6 nitrogen and oxygen atoms in total. The van der Waals surface area contributed by atoms with Gasteiger partial charge in [0.1, 0.15) is 4.90 Å². The molecule has 0 atom stereocenters. The lowest BCUT2D eigenvalue weighted by Crippen LogP contribution is -2.32. The molecule has 0 radical (unpaired) electrons. The Morgan fingerprint density at radius 2 is 2.14 bits per heavy atom. The summed E-state index contributed by atoms with van der Waals surface area (Å²) in [5, 5.41) is 0. The highest BCUT2D eigenvalue weighted by Gasteiger charge is 2.25. The van der Waals surface area contributed by atoms with E-state index in [1.165, 1.54) is 35.7 Å². The highest BCUT2D eigenvalue weighted by molar-refractivity contribution is 7.89. The van der Waals surface area contributed by atoms with Crippen LogP contribution in [0.4, 0.5) is 5.69 Å². The van der Waals surface area contributed by atoms with Crippen LogP contribution in [0.2, 0.25) is 0 Å². The molecule has 0 aliphatic carbocycles. The molecule has 0 fully saturated rings. The number of rotatable bonds is 7. The normalized spacial score (nSPS) is 11.4. The Balaban J connectivity index is 3.24. The van der Waals surface area contributed by atoms with E-state index < -0.39 is 16.0 Å². The Morgan fingerprint density at radius 3 is 2.62 bits per heavy atom. The highest BCUT2D eigenvalue weighted by atomic mass is 32.2. The van der Waals surface area contributed by atoms with Crippen LogP contribution < -0.4 is 5.73 Å². The number of benzene rings is 1. The number of methoxy groups -OCH3 is 1. The number of carbonyl (C=O) groups is 1. The van der Waals surface area contributed by atoms with Gasteiger partial charge in [0.05, 0.1) is 18.4 Å². The lowest BCUT2D eigenvalue weighted by Gasteiger charge is -2.21. The fourth-order valence-corrected chi connectivity index (χ4v) is 3.47. The SMILES string of the molecule is C=CCN(CCC)S(=O)(=O)c1ccc(C(=O)OC)cc1N. The molecule has 1 aromatic carbocycles. The van der Waals surface area contributed by atoms with Crippen LogP contribution >= 0.6 is 0 Å². The van der Waals surface area contributed by atoms with E-state index in [4.69, 9.17) is 5.73 Å². The van der Waals surface area contributed by atoms with Crippen LogP contribution in [0.3, 0.4) is 0 Å². The van der Waals surface area contributed by atoms with Crippen LogP contribution in [-0.2, 0) is 14.8 Å². The largest absolute Gasteiger partial charge is 0.465 e. The molecule has 1 rings (SSSR count). The van der Waals surface area contributed by atoms with Gasteiger partial charge in [-0.2, -0.15) is 4.31 Å². The van der Waals surface area contributed by atoms with E-state index in [1.807, 2.05) is 6.92 Å². The lowest BCUT2D eigenvalue weighted by molar-refractivity contribution is 0.0600. The summed E-state index contributed by atoms with van der Waals surface area (Å²) in [6.07, 6.45) is 2.19. The molecule has 0 saturated heterocycles. The number of ether oxygens (including phenoxy) is 1. The number of nitrogens with zero attached hydrogens (tertiary/aromatic N) is 1. The minimum atomic E-state index is -3.72. The lowest BCUT2D eigenvalue weighted by atomic mass is 10.2. The predicted octanol–water partition coefficient (Wildman–Crippen LogP) is 1.64. The van der Waals surface area contributed by atoms with Crippen molar-refractivity contribution >= 4 is 21.7 Å². The van der Waals surface area contributed by atoms with E-state index in [0.717, 1.165) is 0 Å². The van der Waals surface area contributed by atoms with Gasteiger partial charge in [0.25, 0.3) is 0 Å². The van der Waals surface area contributed by atoms with Crippen LogP contribution in [0.15, 0.2) is 35.7 Å². The van der Waals surface area contributed by atoms with Gasteiger partial charge in [-0.25, -0.2) is 13.2 Å². The first-order valence-corrected chi connectivity index (χ1v) is 7.91. The van der Waals surface area contributed by atoms with Crippen molar-refractivity contribution in [3.63, 3.8) is 0 Å². The third-order valence-electron chi connectivity index (χ3n) is 2.85. The molecule has 0 unspecified atom stereocenters. The van der Waals surface area contributed by atoms with Crippen molar-refractivity contribution in [2.45, 2.75) is 18.2 Å². The van der Waals surface area contributed by atoms with Crippen LogP contribution in [0.1, 0.15) is 23.7 Å². The van der Waals surface area contributed by atoms with Gasteiger partial charge in [0.15, 0.2) is 0 Å². The molecule has 2 N–H and O–H groups in total.